The Bertz CT molecular complexity index is 1210. The number of carbonyl (C=O) groups excluding carboxylic acids is 1. The zero-order chi connectivity index (χ0) is 23.7. The number of aryl methyl sites for hydroxylation is 2. The number of nitrogens with zero attached hydrogens (tertiary/aromatic N) is 4. The minimum atomic E-state index is -1.10. The van der Waals surface area contributed by atoms with Gasteiger partial charge in [-0.1, -0.05) is 33.3 Å². The second-order valence-corrected chi connectivity index (χ2v) is 10.2. The second-order valence-electron chi connectivity index (χ2n) is 9.32. The molecule has 1 atom stereocenters. The van der Waals surface area contributed by atoms with Gasteiger partial charge in [0.2, 0.25) is 5.91 Å². The molecule has 1 unspecified atom stereocenters. The van der Waals surface area contributed by atoms with Crippen LogP contribution in [0.4, 0.5) is 0 Å². The molecular formula is C26H29BrN4O3. The number of benzene rings is 2. The van der Waals surface area contributed by atoms with Gasteiger partial charge in [-0.3, -0.25) is 4.79 Å². The second kappa shape index (κ2) is 9.50. The Hall–Kier alpha value is -2.71. The smallest absolute Gasteiger partial charge is 0.226 e. The highest BCUT2D eigenvalue weighted by atomic mass is 79.9. The normalized spacial score (nSPS) is 20.4. The van der Waals surface area contributed by atoms with Crippen molar-refractivity contribution >= 4 is 21.8 Å². The van der Waals surface area contributed by atoms with Gasteiger partial charge < -0.3 is 14.7 Å². The van der Waals surface area contributed by atoms with Crippen molar-refractivity contribution in [3.63, 3.8) is 0 Å². The number of hydrogen-bond acceptors (Lipinski definition) is 5. The van der Waals surface area contributed by atoms with Crippen LogP contribution in [-0.4, -0.2) is 50.6 Å². The SMILES string of the molecule is Cc1cc(Br)ccc1-n1cc(C2(O)CCCN(C(=O)Cc3ccc4c(c3)CCCO4)CC2)nn1. The fourth-order valence-electron chi connectivity index (χ4n) is 4.91. The first-order valence-electron chi connectivity index (χ1n) is 11.9. The molecule has 3 aromatic rings. The number of aliphatic hydroxyl groups is 1. The molecule has 3 heterocycles. The predicted molar refractivity (Wildman–Crippen MR) is 132 cm³/mol. The zero-order valence-electron chi connectivity index (χ0n) is 19.3. The van der Waals surface area contributed by atoms with Gasteiger partial charge in [0.1, 0.15) is 17.0 Å². The van der Waals surface area contributed by atoms with Crippen molar-refractivity contribution < 1.29 is 14.6 Å². The van der Waals surface area contributed by atoms with Crippen LogP contribution in [0.3, 0.4) is 0 Å². The Morgan fingerprint density at radius 2 is 2.06 bits per heavy atom. The standard InChI is InChI=1S/C26H29BrN4O3/c1-18-14-21(27)6-7-22(18)31-17-24(28-29-31)26(33)9-3-11-30(12-10-26)25(32)16-19-5-8-23-20(15-19)4-2-13-34-23/h5-8,14-15,17,33H,2-4,9-13,16H2,1H3. The minimum absolute atomic E-state index is 0.0927. The van der Waals surface area contributed by atoms with Crippen LogP contribution >= 0.6 is 15.9 Å². The van der Waals surface area contributed by atoms with E-state index in [2.05, 4.69) is 32.3 Å². The third-order valence-corrected chi connectivity index (χ3v) is 7.36. The van der Waals surface area contributed by atoms with Crippen LogP contribution < -0.4 is 4.74 Å². The van der Waals surface area contributed by atoms with Crippen LogP contribution in [0.15, 0.2) is 47.1 Å². The number of likely N-dealkylation sites (tertiary alicyclic amines) is 1. The number of halogens is 1. The van der Waals surface area contributed by atoms with E-state index in [0.29, 0.717) is 44.5 Å². The molecule has 7 nitrogen and oxygen atoms in total. The molecule has 2 aliphatic rings. The number of ether oxygens (including phenoxy) is 1. The molecule has 0 spiro atoms. The zero-order valence-corrected chi connectivity index (χ0v) is 20.9. The molecular weight excluding hydrogens is 496 g/mol. The van der Waals surface area contributed by atoms with Gasteiger partial charge in [0.15, 0.2) is 0 Å². The van der Waals surface area contributed by atoms with Crippen LogP contribution in [-0.2, 0) is 23.2 Å². The number of fused-ring (bicyclic) bond motifs is 1. The summed E-state index contributed by atoms with van der Waals surface area (Å²) in [6.07, 6.45) is 5.88. The van der Waals surface area contributed by atoms with E-state index in [9.17, 15) is 9.90 Å². The van der Waals surface area contributed by atoms with Crippen molar-refractivity contribution in [2.24, 2.45) is 0 Å². The first-order valence-corrected chi connectivity index (χ1v) is 12.6. The molecule has 1 fully saturated rings. The number of carbonyl (C=O) groups is 1. The summed E-state index contributed by atoms with van der Waals surface area (Å²) in [4.78, 5) is 14.9. The van der Waals surface area contributed by atoms with Crippen LogP contribution in [0.25, 0.3) is 5.69 Å². The fourth-order valence-corrected chi connectivity index (χ4v) is 5.38. The van der Waals surface area contributed by atoms with Crippen molar-refractivity contribution in [2.75, 3.05) is 19.7 Å². The molecule has 1 amide bonds. The summed E-state index contributed by atoms with van der Waals surface area (Å²) < 4.78 is 8.40. The van der Waals surface area contributed by atoms with Gasteiger partial charge in [-0.2, -0.15) is 0 Å². The molecule has 0 saturated carbocycles. The van der Waals surface area contributed by atoms with E-state index in [0.717, 1.165) is 46.5 Å². The molecule has 34 heavy (non-hydrogen) atoms. The minimum Gasteiger partial charge on any atom is -0.493 e. The lowest BCUT2D eigenvalue weighted by molar-refractivity contribution is -0.130. The largest absolute Gasteiger partial charge is 0.493 e. The molecule has 0 aliphatic carbocycles. The van der Waals surface area contributed by atoms with Crippen molar-refractivity contribution in [3.8, 4) is 11.4 Å². The van der Waals surface area contributed by atoms with Gasteiger partial charge in [-0.15, -0.1) is 5.10 Å². The Balaban J connectivity index is 1.26. The maximum Gasteiger partial charge on any atom is 0.226 e. The van der Waals surface area contributed by atoms with Crippen molar-refractivity contribution in [2.45, 2.75) is 51.0 Å². The summed E-state index contributed by atoms with van der Waals surface area (Å²) in [5.74, 6) is 1.03. The van der Waals surface area contributed by atoms with Gasteiger partial charge in [0.25, 0.3) is 0 Å². The van der Waals surface area contributed by atoms with E-state index in [4.69, 9.17) is 4.74 Å². The highest BCUT2D eigenvalue weighted by molar-refractivity contribution is 9.10. The van der Waals surface area contributed by atoms with Gasteiger partial charge >= 0.3 is 0 Å². The average molecular weight is 525 g/mol. The Morgan fingerprint density at radius 1 is 1.18 bits per heavy atom. The third-order valence-electron chi connectivity index (χ3n) is 6.87. The van der Waals surface area contributed by atoms with Gasteiger partial charge in [0, 0.05) is 17.6 Å². The molecule has 0 bridgehead atoms. The molecule has 0 radical (unpaired) electrons. The monoisotopic (exact) mass is 524 g/mol. The predicted octanol–water partition coefficient (Wildman–Crippen LogP) is 4.11. The first-order chi connectivity index (χ1) is 16.4. The Morgan fingerprint density at radius 3 is 2.91 bits per heavy atom. The molecule has 1 aromatic heterocycles. The number of rotatable bonds is 4. The van der Waals surface area contributed by atoms with E-state index < -0.39 is 5.60 Å². The van der Waals surface area contributed by atoms with Gasteiger partial charge in [-0.25, -0.2) is 4.68 Å². The summed E-state index contributed by atoms with van der Waals surface area (Å²) in [7, 11) is 0. The summed E-state index contributed by atoms with van der Waals surface area (Å²) in [6, 6.07) is 12.0. The maximum absolute atomic E-state index is 13.1. The quantitative estimate of drug-likeness (QED) is 0.555. The van der Waals surface area contributed by atoms with E-state index in [1.54, 1.807) is 4.68 Å². The van der Waals surface area contributed by atoms with Crippen LogP contribution in [0, 0.1) is 6.92 Å². The van der Waals surface area contributed by atoms with Crippen LogP contribution in [0.5, 0.6) is 5.75 Å². The van der Waals surface area contributed by atoms with Gasteiger partial charge in [-0.05, 0) is 80.0 Å². The van der Waals surface area contributed by atoms with E-state index in [1.165, 1.54) is 5.56 Å². The molecule has 2 aromatic carbocycles. The van der Waals surface area contributed by atoms with Crippen LogP contribution in [0.1, 0.15) is 48.1 Å². The van der Waals surface area contributed by atoms with Gasteiger partial charge in [0.05, 0.1) is 24.9 Å². The Kier molecular flexibility index (Phi) is 6.44. The van der Waals surface area contributed by atoms with Crippen molar-refractivity contribution in [3.05, 3.63) is 69.5 Å². The molecule has 2 aliphatic heterocycles. The lowest BCUT2D eigenvalue weighted by Crippen LogP contribution is -2.34. The van der Waals surface area contributed by atoms with Crippen LogP contribution in [0.2, 0.25) is 0 Å². The molecule has 1 saturated heterocycles. The lowest BCUT2D eigenvalue weighted by atomic mass is 9.92. The van der Waals surface area contributed by atoms with Crippen molar-refractivity contribution in [1.82, 2.24) is 19.9 Å². The number of aromatic nitrogens is 3. The number of amides is 1. The average Bonchev–Trinajstić information content (AvgIpc) is 3.23. The first kappa shape index (κ1) is 23.1. The summed E-state index contributed by atoms with van der Waals surface area (Å²) in [5, 5.41) is 20.0. The maximum atomic E-state index is 13.1. The fraction of sp³-hybridized carbons (Fsp3) is 0.423. The highest BCUT2D eigenvalue weighted by Crippen LogP contribution is 2.33. The lowest BCUT2D eigenvalue weighted by Gasteiger charge is -2.25. The summed E-state index contributed by atoms with van der Waals surface area (Å²) in [5.41, 5.74) is 3.64. The third kappa shape index (κ3) is 4.74. The number of hydrogen-bond donors (Lipinski definition) is 1. The Labute approximate surface area is 207 Å². The summed E-state index contributed by atoms with van der Waals surface area (Å²) in [6.45, 7) is 3.90. The molecule has 178 valence electrons. The van der Waals surface area contributed by atoms with E-state index in [1.807, 2.05) is 48.4 Å². The van der Waals surface area contributed by atoms with E-state index >= 15 is 0 Å². The molecule has 5 rings (SSSR count). The highest BCUT2D eigenvalue weighted by Gasteiger charge is 2.36. The topological polar surface area (TPSA) is 80.5 Å². The molecule has 8 heteroatoms. The molecule has 1 N–H and O–H groups in total. The van der Waals surface area contributed by atoms with Crippen molar-refractivity contribution in [1.29, 1.82) is 0 Å². The summed E-state index contributed by atoms with van der Waals surface area (Å²) >= 11 is 3.48. The van der Waals surface area contributed by atoms with E-state index in [-0.39, 0.29) is 5.91 Å².